The molecule has 0 spiro atoms. The third-order valence-electron chi connectivity index (χ3n) is 7.51. The van der Waals surface area contributed by atoms with Crippen LogP contribution in [0.25, 0.3) is 0 Å². The van der Waals surface area contributed by atoms with E-state index in [1.165, 1.54) is 0 Å². The van der Waals surface area contributed by atoms with E-state index < -0.39 is 5.60 Å². The normalized spacial score (nSPS) is 50.2. The Balaban J connectivity index is 1.48. The number of urea groups is 1. The first-order chi connectivity index (χ1) is 13.0. The van der Waals surface area contributed by atoms with E-state index in [4.69, 9.17) is 4.74 Å². The molecule has 0 aromatic carbocycles. The molecule has 5 saturated heterocycles. The zero-order valence-corrected chi connectivity index (χ0v) is 16.1. The maximum Gasteiger partial charge on any atom is 0.320 e. The van der Waals surface area contributed by atoms with Gasteiger partial charge in [0, 0.05) is 24.6 Å². The Labute approximate surface area is 160 Å². The Morgan fingerprint density at radius 3 is 2.93 bits per heavy atom. The van der Waals surface area contributed by atoms with Gasteiger partial charge in [-0.2, -0.15) is 0 Å². The van der Waals surface area contributed by atoms with Gasteiger partial charge in [-0.1, -0.05) is 0 Å². The monoisotopic (exact) mass is 379 g/mol. The van der Waals surface area contributed by atoms with Crippen LogP contribution in [-0.2, 0) is 4.74 Å². The van der Waals surface area contributed by atoms with E-state index >= 15 is 0 Å². The van der Waals surface area contributed by atoms with Crippen LogP contribution in [0.5, 0.6) is 0 Å². The molecular weight excluding hydrogens is 346 g/mol. The highest BCUT2D eigenvalue weighted by Crippen LogP contribution is 2.37. The molecule has 5 N–H and O–H groups in total. The van der Waals surface area contributed by atoms with Crippen molar-refractivity contribution < 1.29 is 14.6 Å². The number of rotatable bonds is 0. The first-order valence-corrected chi connectivity index (χ1v) is 10.7. The second-order valence-electron chi connectivity index (χ2n) is 9.18. The molecule has 2 bridgehead atoms. The largest absolute Gasteiger partial charge is 0.390 e. The van der Waals surface area contributed by atoms with Gasteiger partial charge < -0.3 is 25.4 Å². The average molecular weight is 380 g/mol. The van der Waals surface area contributed by atoms with Crippen LogP contribution in [0.3, 0.4) is 0 Å². The minimum atomic E-state index is -0.716. The molecule has 0 saturated carbocycles. The van der Waals surface area contributed by atoms with Crippen LogP contribution in [0.4, 0.5) is 4.79 Å². The molecule has 0 aromatic rings. The predicted octanol–water partition coefficient (Wildman–Crippen LogP) is -0.314. The Bertz CT molecular complexity index is 588. The van der Waals surface area contributed by atoms with Gasteiger partial charge in [-0.25, -0.2) is 4.79 Å². The molecule has 0 aromatic heterocycles. The molecule has 5 rings (SSSR count). The first kappa shape index (κ1) is 18.1. The van der Waals surface area contributed by atoms with Crippen molar-refractivity contribution in [3.8, 4) is 0 Å². The molecule has 5 aliphatic heterocycles. The fourth-order valence-electron chi connectivity index (χ4n) is 6.17. The molecule has 0 radical (unpaired) electrons. The van der Waals surface area contributed by atoms with Crippen LogP contribution < -0.4 is 21.3 Å². The van der Waals surface area contributed by atoms with Gasteiger partial charge in [-0.05, 0) is 58.5 Å². The summed E-state index contributed by atoms with van der Waals surface area (Å²) >= 11 is 0. The van der Waals surface area contributed by atoms with Crippen molar-refractivity contribution >= 4 is 6.03 Å². The number of carbonyl (C=O) groups is 1. The van der Waals surface area contributed by atoms with Crippen LogP contribution in [0.1, 0.15) is 45.4 Å². The molecule has 7 unspecified atom stereocenters. The number of aliphatic hydroxyl groups is 1. The van der Waals surface area contributed by atoms with Crippen molar-refractivity contribution in [2.45, 2.75) is 87.6 Å². The molecule has 27 heavy (non-hydrogen) atoms. The summed E-state index contributed by atoms with van der Waals surface area (Å²) in [5.41, 5.74) is -0.716. The summed E-state index contributed by atoms with van der Waals surface area (Å²) in [4.78, 5) is 14.9. The minimum absolute atomic E-state index is 0.00640. The lowest BCUT2D eigenvalue weighted by Crippen LogP contribution is -2.70. The smallest absolute Gasteiger partial charge is 0.320 e. The number of amides is 2. The lowest BCUT2D eigenvalue weighted by Gasteiger charge is -2.52. The summed E-state index contributed by atoms with van der Waals surface area (Å²) in [5.74, 6) is 0.188. The number of nitrogens with one attached hydrogen (secondary N) is 4. The summed E-state index contributed by atoms with van der Waals surface area (Å²) in [7, 11) is 0. The summed E-state index contributed by atoms with van der Waals surface area (Å²) in [6.07, 6.45) is 5.41. The Hall–Kier alpha value is -0.930. The summed E-state index contributed by atoms with van der Waals surface area (Å²) in [6, 6.07) is 0.574. The van der Waals surface area contributed by atoms with Gasteiger partial charge in [-0.3, -0.25) is 10.6 Å². The third kappa shape index (κ3) is 3.06. The summed E-state index contributed by atoms with van der Waals surface area (Å²) in [5, 5.41) is 25.2. The van der Waals surface area contributed by atoms with Crippen molar-refractivity contribution in [3.63, 3.8) is 0 Å². The highest BCUT2D eigenvalue weighted by atomic mass is 16.5. The van der Waals surface area contributed by atoms with Crippen molar-refractivity contribution in [2.75, 3.05) is 19.7 Å². The summed E-state index contributed by atoms with van der Waals surface area (Å²) in [6.45, 7) is 4.43. The highest BCUT2D eigenvalue weighted by molar-refractivity contribution is 5.78. The minimum Gasteiger partial charge on any atom is -0.390 e. The molecule has 8 atom stereocenters. The Kier molecular flexibility index (Phi) is 4.59. The fourth-order valence-corrected chi connectivity index (χ4v) is 6.17. The van der Waals surface area contributed by atoms with E-state index in [1.54, 1.807) is 0 Å². The van der Waals surface area contributed by atoms with Crippen LogP contribution >= 0.6 is 0 Å². The molecule has 5 heterocycles. The van der Waals surface area contributed by atoms with Crippen LogP contribution in [0, 0.1) is 5.92 Å². The summed E-state index contributed by atoms with van der Waals surface area (Å²) < 4.78 is 6.26. The van der Waals surface area contributed by atoms with Crippen LogP contribution in [0.2, 0.25) is 0 Å². The lowest BCUT2D eigenvalue weighted by molar-refractivity contribution is -0.0863. The van der Waals surface area contributed by atoms with Crippen LogP contribution in [0.15, 0.2) is 0 Å². The number of nitrogens with zero attached hydrogens (tertiary/aromatic N) is 1. The molecular formula is C19H33N5O3. The Morgan fingerprint density at radius 1 is 1.19 bits per heavy atom. The van der Waals surface area contributed by atoms with Gasteiger partial charge in [0.05, 0.1) is 23.9 Å². The molecule has 8 heteroatoms. The van der Waals surface area contributed by atoms with E-state index in [0.29, 0.717) is 12.6 Å². The second kappa shape index (κ2) is 6.84. The van der Waals surface area contributed by atoms with E-state index in [-0.39, 0.29) is 42.5 Å². The number of hydrogen-bond donors (Lipinski definition) is 5. The van der Waals surface area contributed by atoms with Gasteiger partial charge in [0.1, 0.15) is 6.17 Å². The Morgan fingerprint density at radius 2 is 2.04 bits per heavy atom. The number of carbonyl (C=O) groups excluding carboxylic acids is 1. The van der Waals surface area contributed by atoms with E-state index in [0.717, 1.165) is 51.6 Å². The zero-order chi connectivity index (χ0) is 18.6. The van der Waals surface area contributed by atoms with Crippen molar-refractivity contribution in [1.82, 2.24) is 26.2 Å². The van der Waals surface area contributed by atoms with Crippen LogP contribution in [-0.4, -0.2) is 77.9 Å². The van der Waals surface area contributed by atoms with Crippen molar-refractivity contribution in [1.29, 1.82) is 0 Å². The number of ether oxygens (including phenoxy) is 1. The molecule has 0 aliphatic carbocycles. The zero-order valence-electron chi connectivity index (χ0n) is 16.1. The lowest BCUT2D eigenvalue weighted by atomic mass is 9.71. The van der Waals surface area contributed by atoms with E-state index in [1.807, 2.05) is 11.8 Å². The van der Waals surface area contributed by atoms with Crippen molar-refractivity contribution in [3.05, 3.63) is 0 Å². The molecule has 2 amide bonds. The second-order valence-corrected chi connectivity index (χ2v) is 9.18. The van der Waals surface area contributed by atoms with Gasteiger partial charge >= 0.3 is 6.03 Å². The maximum atomic E-state index is 12.9. The maximum absolute atomic E-state index is 12.9. The van der Waals surface area contributed by atoms with Gasteiger partial charge in [0.25, 0.3) is 0 Å². The molecule has 152 valence electrons. The highest BCUT2D eigenvalue weighted by Gasteiger charge is 2.53. The number of fused-ring (bicyclic) bond motifs is 2. The topological polar surface area (TPSA) is 97.9 Å². The standard InChI is InChI=1S/C19H33N5O3/c1-19(26)7-2-10-27-13-6-9-21-17-16(13)24(18(25)23-17)14-4-3-12-15(22-14)11(19)5-8-20-12/h11-17,20-22,26H,2-10H2,1H3,(H,23,25)/t11?,12?,13?,14?,15?,16?,17?,19-/m0/s1. The van der Waals surface area contributed by atoms with E-state index in [2.05, 4.69) is 21.3 Å². The predicted molar refractivity (Wildman–Crippen MR) is 100 cm³/mol. The fraction of sp³-hybridized carbons (Fsp3) is 0.947. The number of piperidine rings is 3. The van der Waals surface area contributed by atoms with Gasteiger partial charge in [-0.15, -0.1) is 0 Å². The number of hydrogen-bond acceptors (Lipinski definition) is 6. The van der Waals surface area contributed by atoms with Crippen molar-refractivity contribution in [2.24, 2.45) is 5.92 Å². The van der Waals surface area contributed by atoms with E-state index in [9.17, 15) is 9.90 Å². The van der Waals surface area contributed by atoms with Gasteiger partial charge in [0.15, 0.2) is 0 Å². The SMILES string of the molecule is C[C@]1(O)CCCOC2CCNC3NC(=O)N(C4CCC5NCCC1C5N4)C32. The molecule has 8 nitrogen and oxygen atoms in total. The molecule has 5 aliphatic rings. The molecule has 5 fully saturated rings. The average Bonchev–Trinajstić information content (AvgIpc) is 3.00. The third-order valence-corrected chi connectivity index (χ3v) is 7.51. The first-order valence-electron chi connectivity index (χ1n) is 10.7. The van der Waals surface area contributed by atoms with Gasteiger partial charge in [0.2, 0.25) is 0 Å². The quantitative estimate of drug-likeness (QED) is 0.396.